The molecule has 142 valence electrons. The van der Waals surface area contributed by atoms with Gasteiger partial charge in [0, 0.05) is 67.5 Å². The van der Waals surface area contributed by atoms with Crippen molar-refractivity contribution >= 4 is 0 Å². The van der Waals surface area contributed by atoms with Crippen molar-refractivity contribution in [3.05, 3.63) is 96.2 Å². The van der Waals surface area contributed by atoms with Crippen LogP contribution >= 0.6 is 0 Å². The highest BCUT2D eigenvalue weighted by Gasteiger charge is 2.19. The Balaban J connectivity index is 1.28. The molecule has 0 amide bonds. The van der Waals surface area contributed by atoms with Gasteiger partial charge in [0.05, 0.1) is 11.4 Å². The van der Waals surface area contributed by atoms with Crippen LogP contribution in [0.15, 0.2) is 79.4 Å². The number of benzene rings is 1. The van der Waals surface area contributed by atoms with Gasteiger partial charge < -0.3 is 0 Å². The zero-order valence-corrected chi connectivity index (χ0v) is 16.1. The SMILES string of the molecule is c1ccc(-c2ccc(CN3CCc4nc(-c5ccncc5)ncc4C3)cn2)cc1. The number of rotatable bonds is 4. The zero-order valence-electron chi connectivity index (χ0n) is 16.1. The van der Waals surface area contributed by atoms with E-state index in [0.29, 0.717) is 0 Å². The summed E-state index contributed by atoms with van der Waals surface area (Å²) in [6, 6.07) is 18.5. The molecule has 5 rings (SSSR count). The van der Waals surface area contributed by atoms with Gasteiger partial charge in [0.1, 0.15) is 0 Å². The zero-order chi connectivity index (χ0) is 19.5. The fraction of sp³-hybridized carbons (Fsp3) is 0.167. The third kappa shape index (κ3) is 3.91. The first kappa shape index (κ1) is 17.6. The third-order valence-electron chi connectivity index (χ3n) is 5.25. The molecule has 0 aliphatic carbocycles. The Morgan fingerprint density at radius 1 is 0.828 bits per heavy atom. The van der Waals surface area contributed by atoms with Crippen LogP contribution in [0.3, 0.4) is 0 Å². The largest absolute Gasteiger partial charge is 0.294 e. The molecule has 0 fully saturated rings. The van der Waals surface area contributed by atoms with Crippen molar-refractivity contribution in [2.24, 2.45) is 0 Å². The van der Waals surface area contributed by atoms with Crippen LogP contribution in [0.1, 0.15) is 16.8 Å². The van der Waals surface area contributed by atoms with Crippen molar-refractivity contribution in [3.63, 3.8) is 0 Å². The van der Waals surface area contributed by atoms with E-state index in [1.165, 1.54) is 11.1 Å². The number of aromatic nitrogens is 4. The monoisotopic (exact) mass is 379 g/mol. The van der Waals surface area contributed by atoms with Crippen LogP contribution in [0.25, 0.3) is 22.6 Å². The molecule has 0 bridgehead atoms. The van der Waals surface area contributed by atoms with Crippen molar-refractivity contribution in [2.75, 3.05) is 6.54 Å². The summed E-state index contributed by atoms with van der Waals surface area (Å²) in [5, 5.41) is 0. The third-order valence-corrected chi connectivity index (χ3v) is 5.25. The molecule has 0 unspecified atom stereocenters. The van der Waals surface area contributed by atoms with Crippen LogP contribution in [-0.4, -0.2) is 31.4 Å². The van der Waals surface area contributed by atoms with Crippen LogP contribution in [0.5, 0.6) is 0 Å². The molecule has 1 aliphatic rings. The molecule has 5 nitrogen and oxygen atoms in total. The van der Waals surface area contributed by atoms with E-state index in [1.54, 1.807) is 12.4 Å². The molecule has 0 spiro atoms. The van der Waals surface area contributed by atoms with Gasteiger partial charge in [-0.1, -0.05) is 36.4 Å². The van der Waals surface area contributed by atoms with Gasteiger partial charge in [-0.3, -0.25) is 14.9 Å². The number of pyridine rings is 2. The summed E-state index contributed by atoms with van der Waals surface area (Å²) in [6.45, 7) is 2.74. The Morgan fingerprint density at radius 3 is 2.48 bits per heavy atom. The number of nitrogens with zero attached hydrogens (tertiary/aromatic N) is 5. The van der Waals surface area contributed by atoms with Crippen LogP contribution in [0.2, 0.25) is 0 Å². The van der Waals surface area contributed by atoms with Crippen LogP contribution in [-0.2, 0) is 19.5 Å². The minimum atomic E-state index is 0.778. The lowest BCUT2D eigenvalue weighted by Gasteiger charge is -2.28. The average Bonchev–Trinajstić information content (AvgIpc) is 2.80. The first-order valence-corrected chi connectivity index (χ1v) is 9.83. The van der Waals surface area contributed by atoms with Gasteiger partial charge >= 0.3 is 0 Å². The summed E-state index contributed by atoms with van der Waals surface area (Å²) in [6.07, 6.45) is 8.45. The average molecular weight is 379 g/mol. The highest BCUT2D eigenvalue weighted by atomic mass is 15.1. The van der Waals surface area contributed by atoms with Gasteiger partial charge in [-0.2, -0.15) is 0 Å². The normalized spacial score (nSPS) is 13.8. The van der Waals surface area contributed by atoms with E-state index in [0.717, 1.165) is 54.4 Å². The van der Waals surface area contributed by atoms with E-state index in [4.69, 9.17) is 4.98 Å². The lowest BCUT2D eigenvalue weighted by molar-refractivity contribution is 0.242. The molecule has 4 aromatic rings. The molecule has 3 aromatic heterocycles. The van der Waals surface area contributed by atoms with E-state index in [2.05, 4.69) is 44.1 Å². The first-order valence-electron chi connectivity index (χ1n) is 9.83. The van der Waals surface area contributed by atoms with Crippen molar-refractivity contribution in [1.82, 2.24) is 24.8 Å². The second-order valence-corrected chi connectivity index (χ2v) is 7.28. The van der Waals surface area contributed by atoms with E-state index in [1.807, 2.05) is 42.7 Å². The molecule has 5 heteroatoms. The molecule has 0 saturated heterocycles. The molecule has 0 N–H and O–H groups in total. The Kier molecular flexibility index (Phi) is 4.80. The van der Waals surface area contributed by atoms with Gasteiger partial charge in [0.25, 0.3) is 0 Å². The molecule has 1 aliphatic heterocycles. The minimum absolute atomic E-state index is 0.778. The summed E-state index contributed by atoms with van der Waals surface area (Å²) < 4.78 is 0. The van der Waals surface area contributed by atoms with Gasteiger partial charge in [-0.25, -0.2) is 9.97 Å². The summed E-state index contributed by atoms with van der Waals surface area (Å²) in [4.78, 5) is 20.5. The lowest BCUT2D eigenvalue weighted by Crippen LogP contribution is -2.31. The Hall–Kier alpha value is -3.44. The van der Waals surface area contributed by atoms with Crippen molar-refractivity contribution in [1.29, 1.82) is 0 Å². The first-order chi connectivity index (χ1) is 14.3. The summed E-state index contributed by atoms with van der Waals surface area (Å²) in [5.74, 6) is 0.778. The van der Waals surface area contributed by atoms with E-state index in [9.17, 15) is 0 Å². The highest BCUT2D eigenvalue weighted by Crippen LogP contribution is 2.22. The predicted molar refractivity (Wildman–Crippen MR) is 113 cm³/mol. The number of fused-ring (bicyclic) bond motifs is 1. The Labute approximate surface area is 170 Å². The second-order valence-electron chi connectivity index (χ2n) is 7.28. The Bertz CT molecular complexity index is 1100. The van der Waals surface area contributed by atoms with Crippen molar-refractivity contribution in [2.45, 2.75) is 19.5 Å². The van der Waals surface area contributed by atoms with E-state index >= 15 is 0 Å². The molecule has 1 aromatic carbocycles. The molecular weight excluding hydrogens is 358 g/mol. The highest BCUT2D eigenvalue weighted by molar-refractivity contribution is 5.58. The molecular formula is C24H21N5. The summed E-state index contributed by atoms with van der Waals surface area (Å²) >= 11 is 0. The van der Waals surface area contributed by atoms with Crippen molar-refractivity contribution in [3.8, 4) is 22.6 Å². The van der Waals surface area contributed by atoms with E-state index in [-0.39, 0.29) is 0 Å². The fourth-order valence-corrected chi connectivity index (χ4v) is 3.71. The molecule has 0 radical (unpaired) electrons. The minimum Gasteiger partial charge on any atom is -0.294 e. The molecule has 0 saturated carbocycles. The standard InChI is InChI=1S/C24H21N5/c1-2-4-19(5-3-1)22-7-6-18(14-26-22)16-29-13-10-23-21(17-29)15-27-24(28-23)20-8-11-25-12-9-20/h1-9,11-12,14-15H,10,13,16-17H2. The van der Waals surface area contributed by atoms with E-state index < -0.39 is 0 Å². The summed E-state index contributed by atoms with van der Waals surface area (Å²) in [5.41, 5.74) is 6.75. The maximum Gasteiger partial charge on any atom is 0.159 e. The number of hydrogen-bond donors (Lipinski definition) is 0. The maximum atomic E-state index is 4.79. The van der Waals surface area contributed by atoms with Crippen LogP contribution in [0.4, 0.5) is 0 Å². The smallest absolute Gasteiger partial charge is 0.159 e. The van der Waals surface area contributed by atoms with Gasteiger partial charge in [0.15, 0.2) is 5.82 Å². The molecule has 0 atom stereocenters. The predicted octanol–water partition coefficient (Wildman–Crippen LogP) is 4.16. The fourth-order valence-electron chi connectivity index (χ4n) is 3.71. The maximum absolute atomic E-state index is 4.79. The number of hydrogen-bond acceptors (Lipinski definition) is 5. The second kappa shape index (κ2) is 7.89. The van der Waals surface area contributed by atoms with Gasteiger partial charge in [-0.15, -0.1) is 0 Å². The lowest BCUT2D eigenvalue weighted by atomic mass is 10.1. The van der Waals surface area contributed by atoms with Gasteiger partial charge in [-0.05, 0) is 23.8 Å². The quantitative estimate of drug-likeness (QED) is 0.533. The summed E-state index contributed by atoms with van der Waals surface area (Å²) in [7, 11) is 0. The molecule has 29 heavy (non-hydrogen) atoms. The van der Waals surface area contributed by atoms with Crippen LogP contribution in [0, 0.1) is 0 Å². The van der Waals surface area contributed by atoms with Gasteiger partial charge in [0.2, 0.25) is 0 Å². The Morgan fingerprint density at radius 2 is 1.69 bits per heavy atom. The molecule has 4 heterocycles. The van der Waals surface area contributed by atoms with Crippen molar-refractivity contribution < 1.29 is 0 Å². The van der Waals surface area contributed by atoms with Crippen LogP contribution < -0.4 is 0 Å². The topological polar surface area (TPSA) is 54.8 Å².